The van der Waals surface area contributed by atoms with Crippen LogP contribution in [0.1, 0.15) is 41.0 Å². The number of hydrogen-bond donors (Lipinski definition) is 1. The van der Waals surface area contributed by atoms with E-state index in [4.69, 9.17) is 0 Å². The van der Waals surface area contributed by atoms with Crippen LogP contribution in [0.2, 0.25) is 0 Å². The van der Waals surface area contributed by atoms with Crippen molar-refractivity contribution in [1.82, 2.24) is 20.0 Å². The zero-order valence-corrected chi connectivity index (χ0v) is 16.6. The molecule has 6 heteroatoms. The second-order valence-corrected chi connectivity index (χ2v) is 8.87. The smallest absolute Gasteiger partial charge is 0.317 e. The first-order chi connectivity index (χ1) is 10.9. The van der Waals surface area contributed by atoms with Gasteiger partial charge in [-0.15, -0.1) is 0 Å². The fraction of sp³-hybridized carbons (Fsp3) is 0.889. The molecule has 0 saturated carbocycles. The molecule has 0 aliphatic carbocycles. The SMILES string of the molecule is CN(CCN(C)C(=O)C(C)(C)CC(C)(C)C)CCN1CCNC1=O. The fourth-order valence-electron chi connectivity index (χ4n) is 3.47. The summed E-state index contributed by atoms with van der Waals surface area (Å²) in [5, 5.41) is 2.81. The highest BCUT2D eigenvalue weighted by Gasteiger charge is 2.34. The Balaban J connectivity index is 2.37. The molecule has 6 nitrogen and oxygen atoms in total. The van der Waals surface area contributed by atoms with E-state index in [0.29, 0.717) is 6.54 Å². The van der Waals surface area contributed by atoms with Crippen LogP contribution in [0.3, 0.4) is 0 Å². The minimum atomic E-state index is -0.348. The summed E-state index contributed by atoms with van der Waals surface area (Å²) < 4.78 is 0. The standard InChI is InChI=1S/C18H36N4O2/c1-17(2,3)14-18(4,5)15(23)21(7)12-10-20(6)11-13-22-9-8-19-16(22)24/h8-14H2,1-7H3,(H,19,24). The van der Waals surface area contributed by atoms with Gasteiger partial charge >= 0.3 is 6.03 Å². The van der Waals surface area contributed by atoms with Crippen molar-refractivity contribution >= 4 is 11.9 Å². The molecule has 1 heterocycles. The second kappa shape index (κ2) is 8.19. The Kier molecular flexibility index (Phi) is 7.08. The van der Waals surface area contributed by atoms with Crippen molar-refractivity contribution in [3.05, 3.63) is 0 Å². The lowest BCUT2D eigenvalue weighted by molar-refractivity contribution is -0.140. The van der Waals surface area contributed by atoms with E-state index in [1.807, 2.05) is 37.7 Å². The quantitative estimate of drug-likeness (QED) is 0.734. The average Bonchev–Trinajstić information content (AvgIpc) is 2.84. The molecule has 0 aromatic heterocycles. The van der Waals surface area contributed by atoms with Crippen molar-refractivity contribution in [3.8, 4) is 0 Å². The second-order valence-electron chi connectivity index (χ2n) is 8.87. The van der Waals surface area contributed by atoms with Crippen LogP contribution in [0.5, 0.6) is 0 Å². The maximum atomic E-state index is 12.7. The summed E-state index contributed by atoms with van der Waals surface area (Å²) in [6.45, 7) is 15.2. The Morgan fingerprint density at radius 2 is 1.75 bits per heavy atom. The van der Waals surface area contributed by atoms with Crippen LogP contribution >= 0.6 is 0 Å². The average molecular weight is 341 g/mol. The van der Waals surface area contributed by atoms with Gasteiger partial charge in [0.15, 0.2) is 0 Å². The van der Waals surface area contributed by atoms with E-state index in [-0.39, 0.29) is 22.8 Å². The van der Waals surface area contributed by atoms with Crippen LogP contribution in [0.25, 0.3) is 0 Å². The van der Waals surface area contributed by atoms with Crippen LogP contribution < -0.4 is 5.32 Å². The highest BCUT2D eigenvalue weighted by Crippen LogP contribution is 2.34. The van der Waals surface area contributed by atoms with Gasteiger partial charge in [0.1, 0.15) is 0 Å². The summed E-state index contributed by atoms with van der Waals surface area (Å²) >= 11 is 0. The molecule has 0 aromatic carbocycles. The Hall–Kier alpha value is -1.30. The molecular weight excluding hydrogens is 304 g/mol. The van der Waals surface area contributed by atoms with Crippen LogP contribution in [0.15, 0.2) is 0 Å². The van der Waals surface area contributed by atoms with Gasteiger partial charge in [-0.05, 0) is 18.9 Å². The molecule has 3 amide bonds. The number of carbonyl (C=O) groups is 2. The van der Waals surface area contributed by atoms with E-state index in [1.165, 1.54) is 0 Å². The molecule has 24 heavy (non-hydrogen) atoms. The van der Waals surface area contributed by atoms with E-state index < -0.39 is 0 Å². The summed E-state index contributed by atoms with van der Waals surface area (Å²) in [5.74, 6) is 0.199. The van der Waals surface area contributed by atoms with Gasteiger partial charge in [-0.25, -0.2) is 4.79 Å². The topological polar surface area (TPSA) is 55.9 Å². The van der Waals surface area contributed by atoms with Gasteiger partial charge < -0.3 is 20.0 Å². The van der Waals surface area contributed by atoms with Gasteiger partial charge in [-0.1, -0.05) is 34.6 Å². The van der Waals surface area contributed by atoms with Crippen LogP contribution in [0, 0.1) is 10.8 Å². The number of amides is 3. The van der Waals surface area contributed by atoms with Crippen LogP contribution in [-0.2, 0) is 4.79 Å². The normalized spacial score (nSPS) is 15.8. The zero-order chi connectivity index (χ0) is 18.5. The highest BCUT2D eigenvalue weighted by atomic mass is 16.2. The van der Waals surface area contributed by atoms with Gasteiger partial charge in [0.25, 0.3) is 0 Å². The Labute approximate surface area is 147 Å². The Morgan fingerprint density at radius 3 is 2.25 bits per heavy atom. The lowest BCUT2D eigenvalue weighted by Gasteiger charge is -2.35. The van der Waals surface area contributed by atoms with E-state index in [9.17, 15) is 9.59 Å². The van der Waals surface area contributed by atoms with E-state index in [2.05, 4.69) is 31.0 Å². The van der Waals surface area contributed by atoms with E-state index in [0.717, 1.165) is 39.1 Å². The molecule has 1 N–H and O–H groups in total. The van der Waals surface area contributed by atoms with Gasteiger partial charge in [0.2, 0.25) is 5.91 Å². The zero-order valence-electron chi connectivity index (χ0n) is 16.6. The van der Waals surface area contributed by atoms with Crippen molar-refractivity contribution < 1.29 is 9.59 Å². The summed E-state index contributed by atoms with van der Waals surface area (Å²) in [7, 11) is 3.92. The molecule has 0 aromatic rings. The third-order valence-corrected chi connectivity index (χ3v) is 4.41. The number of hydrogen-bond acceptors (Lipinski definition) is 3. The number of carbonyl (C=O) groups excluding carboxylic acids is 2. The largest absolute Gasteiger partial charge is 0.344 e. The van der Waals surface area contributed by atoms with Gasteiger partial charge in [0.05, 0.1) is 0 Å². The fourth-order valence-corrected chi connectivity index (χ4v) is 3.47. The van der Waals surface area contributed by atoms with Gasteiger partial charge in [-0.3, -0.25) is 4.79 Å². The predicted molar refractivity (Wildman–Crippen MR) is 98.0 cm³/mol. The molecule has 140 valence electrons. The van der Waals surface area contributed by atoms with Crippen molar-refractivity contribution in [2.75, 3.05) is 53.4 Å². The van der Waals surface area contributed by atoms with E-state index >= 15 is 0 Å². The van der Waals surface area contributed by atoms with Gasteiger partial charge in [-0.2, -0.15) is 0 Å². The summed E-state index contributed by atoms with van der Waals surface area (Å²) in [6.07, 6.45) is 0.864. The Morgan fingerprint density at radius 1 is 1.12 bits per heavy atom. The predicted octanol–water partition coefficient (Wildman–Crippen LogP) is 1.86. The lowest BCUT2D eigenvalue weighted by atomic mass is 9.75. The number of rotatable bonds is 8. The molecular formula is C18H36N4O2. The maximum Gasteiger partial charge on any atom is 0.317 e. The third-order valence-electron chi connectivity index (χ3n) is 4.41. The van der Waals surface area contributed by atoms with Crippen molar-refractivity contribution in [2.45, 2.75) is 41.0 Å². The summed E-state index contributed by atoms with van der Waals surface area (Å²) in [4.78, 5) is 30.1. The monoisotopic (exact) mass is 340 g/mol. The summed E-state index contributed by atoms with van der Waals surface area (Å²) in [5.41, 5.74) is -0.216. The first-order valence-electron chi connectivity index (χ1n) is 8.89. The molecule has 1 fully saturated rings. The molecule has 1 rings (SSSR count). The highest BCUT2D eigenvalue weighted by molar-refractivity contribution is 5.81. The molecule has 0 atom stereocenters. The van der Waals surface area contributed by atoms with Crippen molar-refractivity contribution in [3.63, 3.8) is 0 Å². The molecule has 1 aliphatic heterocycles. The number of nitrogens with one attached hydrogen (secondary N) is 1. The molecule has 1 saturated heterocycles. The van der Waals surface area contributed by atoms with Gasteiger partial charge in [0, 0.05) is 51.7 Å². The number of nitrogens with zero attached hydrogens (tertiary/aromatic N) is 3. The molecule has 1 aliphatic rings. The van der Waals surface area contributed by atoms with E-state index in [1.54, 1.807) is 0 Å². The first-order valence-corrected chi connectivity index (χ1v) is 8.89. The van der Waals surface area contributed by atoms with Crippen molar-refractivity contribution in [2.24, 2.45) is 10.8 Å². The van der Waals surface area contributed by atoms with Crippen LogP contribution in [-0.4, -0.2) is 80.0 Å². The molecule has 0 radical (unpaired) electrons. The lowest BCUT2D eigenvalue weighted by Crippen LogP contribution is -2.44. The Bertz CT molecular complexity index is 443. The number of likely N-dealkylation sites (N-methyl/N-ethyl adjacent to an activating group) is 2. The minimum Gasteiger partial charge on any atom is -0.344 e. The number of urea groups is 1. The molecule has 0 spiro atoms. The summed E-state index contributed by atoms with van der Waals surface area (Å²) in [6, 6.07) is 0.0274. The van der Waals surface area contributed by atoms with Crippen LogP contribution in [0.4, 0.5) is 4.79 Å². The first kappa shape index (κ1) is 20.7. The third kappa shape index (κ3) is 6.67. The maximum absolute atomic E-state index is 12.7. The minimum absolute atomic E-state index is 0.0274. The molecule has 0 bridgehead atoms. The van der Waals surface area contributed by atoms with Crippen molar-refractivity contribution in [1.29, 1.82) is 0 Å². The molecule has 0 unspecified atom stereocenters.